The summed E-state index contributed by atoms with van der Waals surface area (Å²) in [6.45, 7) is 0. The van der Waals surface area contributed by atoms with Gasteiger partial charge < -0.3 is 15.5 Å². The minimum atomic E-state index is -1.22. The molecule has 2 rings (SSSR count). The van der Waals surface area contributed by atoms with Gasteiger partial charge in [0.05, 0.1) is 5.75 Å². The molecule has 0 fully saturated rings. The number of anilines is 1. The Bertz CT molecular complexity index is 658. The molecule has 2 aromatic carbocycles. The smallest absolute Gasteiger partial charge is 0.339 e. The van der Waals surface area contributed by atoms with Gasteiger partial charge in [0.15, 0.2) is 0 Å². The van der Waals surface area contributed by atoms with Gasteiger partial charge >= 0.3 is 5.97 Å². The third-order valence-electron chi connectivity index (χ3n) is 2.63. The van der Waals surface area contributed by atoms with Crippen molar-refractivity contribution in [1.82, 2.24) is 0 Å². The summed E-state index contributed by atoms with van der Waals surface area (Å²) in [5.41, 5.74) is 0.155. The quantitative estimate of drug-likeness (QED) is 0.739. The number of amides is 1. The van der Waals surface area contributed by atoms with Crippen molar-refractivity contribution in [1.29, 1.82) is 0 Å². The number of aromatic carboxylic acids is 1. The molecule has 0 heterocycles. The molecular weight excluding hydrogens is 290 g/mol. The van der Waals surface area contributed by atoms with Crippen molar-refractivity contribution in [2.45, 2.75) is 4.90 Å². The molecule has 3 N–H and O–H groups in total. The fourth-order valence-electron chi connectivity index (χ4n) is 1.65. The summed E-state index contributed by atoms with van der Waals surface area (Å²) >= 11 is 1.39. The van der Waals surface area contributed by atoms with E-state index in [9.17, 15) is 14.7 Å². The van der Waals surface area contributed by atoms with Crippen LogP contribution >= 0.6 is 11.8 Å². The molecule has 0 radical (unpaired) electrons. The van der Waals surface area contributed by atoms with E-state index in [-0.39, 0.29) is 23.0 Å². The van der Waals surface area contributed by atoms with E-state index in [1.165, 1.54) is 30.0 Å². The summed E-state index contributed by atoms with van der Waals surface area (Å²) < 4.78 is 0. The highest BCUT2D eigenvalue weighted by Gasteiger charge is 2.11. The Morgan fingerprint density at radius 3 is 2.43 bits per heavy atom. The van der Waals surface area contributed by atoms with Gasteiger partial charge in [-0.3, -0.25) is 4.79 Å². The maximum Gasteiger partial charge on any atom is 0.339 e. The molecule has 0 aliphatic carbocycles. The van der Waals surface area contributed by atoms with Crippen molar-refractivity contribution in [3.63, 3.8) is 0 Å². The lowest BCUT2D eigenvalue weighted by Crippen LogP contribution is -2.14. The third kappa shape index (κ3) is 4.25. The number of rotatable bonds is 5. The van der Waals surface area contributed by atoms with Gasteiger partial charge in [0.25, 0.3) is 0 Å². The standard InChI is InChI=1S/C15H13NO4S/c17-13-8-10(6-7-12(13)15(19)20)16-14(18)9-21-11-4-2-1-3-5-11/h1-8,17H,9H2,(H,16,18)(H,19,20). The zero-order valence-corrected chi connectivity index (χ0v) is 11.8. The summed E-state index contributed by atoms with van der Waals surface area (Å²) in [5.74, 6) is -1.60. The lowest BCUT2D eigenvalue weighted by Gasteiger charge is -2.07. The van der Waals surface area contributed by atoms with Crippen LogP contribution in [0.3, 0.4) is 0 Å². The van der Waals surface area contributed by atoms with E-state index in [0.29, 0.717) is 5.69 Å². The average molecular weight is 303 g/mol. The number of nitrogens with one attached hydrogen (secondary N) is 1. The third-order valence-corrected chi connectivity index (χ3v) is 3.64. The summed E-state index contributed by atoms with van der Waals surface area (Å²) in [5, 5.41) is 20.9. The van der Waals surface area contributed by atoms with Crippen LogP contribution in [0.25, 0.3) is 0 Å². The van der Waals surface area contributed by atoms with Crippen LogP contribution in [-0.4, -0.2) is 27.8 Å². The Balaban J connectivity index is 1.94. The molecule has 0 unspecified atom stereocenters. The normalized spacial score (nSPS) is 10.1. The molecule has 0 spiro atoms. The number of thioether (sulfide) groups is 1. The first-order chi connectivity index (χ1) is 10.1. The molecule has 0 bridgehead atoms. The fraction of sp³-hybridized carbons (Fsp3) is 0.0667. The molecule has 0 saturated carbocycles. The van der Waals surface area contributed by atoms with Crippen LogP contribution in [0.2, 0.25) is 0 Å². The molecule has 0 atom stereocenters. The lowest BCUT2D eigenvalue weighted by molar-refractivity contribution is -0.113. The highest BCUT2D eigenvalue weighted by atomic mass is 32.2. The Kier molecular flexibility index (Phi) is 4.84. The van der Waals surface area contributed by atoms with E-state index in [0.717, 1.165) is 4.90 Å². The minimum Gasteiger partial charge on any atom is -0.507 e. The zero-order chi connectivity index (χ0) is 15.2. The number of carboxylic acids is 1. The van der Waals surface area contributed by atoms with Gasteiger partial charge in [0.1, 0.15) is 11.3 Å². The van der Waals surface area contributed by atoms with Gasteiger partial charge in [-0.05, 0) is 24.3 Å². The van der Waals surface area contributed by atoms with Gasteiger partial charge in [0.2, 0.25) is 5.91 Å². The number of hydrogen-bond acceptors (Lipinski definition) is 4. The van der Waals surface area contributed by atoms with Gasteiger partial charge in [0, 0.05) is 16.6 Å². The second-order valence-corrected chi connectivity index (χ2v) is 5.24. The Hall–Kier alpha value is -2.47. The maximum atomic E-state index is 11.8. The summed E-state index contributed by atoms with van der Waals surface area (Å²) in [7, 11) is 0. The van der Waals surface area contributed by atoms with Crippen LogP contribution in [0, 0.1) is 0 Å². The largest absolute Gasteiger partial charge is 0.507 e. The van der Waals surface area contributed by atoms with E-state index in [2.05, 4.69) is 5.32 Å². The van der Waals surface area contributed by atoms with Crippen molar-refractivity contribution in [3.05, 3.63) is 54.1 Å². The molecule has 0 aliphatic rings. The predicted molar refractivity (Wildman–Crippen MR) is 80.9 cm³/mol. The van der Waals surface area contributed by atoms with Crippen LogP contribution in [0.1, 0.15) is 10.4 Å². The fourth-order valence-corrected chi connectivity index (χ4v) is 2.37. The van der Waals surface area contributed by atoms with Crippen molar-refractivity contribution in [2.75, 3.05) is 11.1 Å². The minimum absolute atomic E-state index is 0.202. The highest BCUT2D eigenvalue weighted by molar-refractivity contribution is 8.00. The highest BCUT2D eigenvalue weighted by Crippen LogP contribution is 2.22. The molecule has 1 amide bonds. The molecule has 21 heavy (non-hydrogen) atoms. The molecule has 0 saturated heterocycles. The summed E-state index contributed by atoms with van der Waals surface area (Å²) in [6.07, 6.45) is 0. The lowest BCUT2D eigenvalue weighted by atomic mass is 10.2. The monoisotopic (exact) mass is 303 g/mol. The van der Waals surface area contributed by atoms with Crippen molar-refractivity contribution in [3.8, 4) is 5.75 Å². The van der Waals surface area contributed by atoms with Crippen LogP contribution in [-0.2, 0) is 4.79 Å². The second-order valence-electron chi connectivity index (χ2n) is 4.19. The van der Waals surface area contributed by atoms with Gasteiger partial charge in [-0.15, -0.1) is 11.8 Å². The molecule has 0 aromatic heterocycles. The molecule has 2 aromatic rings. The molecule has 108 valence electrons. The number of phenols is 1. The summed E-state index contributed by atoms with van der Waals surface area (Å²) in [6, 6.07) is 13.4. The van der Waals surface area contributed by atoms with Gasteiger partial charge in [-0.25, -0.2) is 4.79 Å². The Morgan fingerprint density at radius 2 is 1.81 bits per heavy atom. The van der Waals surface area contributed by atoms with Crippen LogP contribution in [0.15, 0.2) is 53.4 Å². The second kappa shape index (κ2) is 6.81. The maximum absolute atomic E-state index is 11.8. The number of carboxylic acid groups (broad SMARTS) is 1. The first-order valence-corrected chi connectivity index (χ1v) is 7.09. The SMILES string of the molecule is O=C(CSc1ccccc1)Nc1ccc(C(=O)O)c(O)c1. The predicted octanol–water partition coefficient (Wildman–Crippen LogP) is 2.82. The van der Waals surface area contributed by atoms with E-state index in [1.54, 1.807) is 0 Å². The number of aromatic hydroxyl groups is 1. The van der Waals surface area contributed by atoms with Gasteiger partial charge in [-0.2, -0.15) is 0 Å². The van der Waals surface area contributed by atoms with Crippen molar-refractivity contribution < 1.29 is 19.8 Å². The number of benzene rings is 2. The van der Waals surface area contributed by atoms with Crippen LogP contribution < -0.4 is 5.32 Å². The van der Waals surface area contributed by atoms with E-state index in [4.69, 9.17) is 5.11 Å². The zero-order valence-electron chi connectivity index (χ0n) is 10.9. The van der Waals surface area contributed by atoms with Crippen LogP contribution in [0.5, 0.6) is 5.75 Å². The summed E-state index contributed by atoms with van der Waals surface area (Å²) in [4.78, 5) is 23.5. The number of hydrogen-bond donors (Lipinski definition) is 3. The van der Waals surface area contributed by atoms with Gasteiger partial charge in [-0.1, -0.05) is 18.2 Å². The molecule has 6 heteroatoms. The van der Waals surface area contributed by atoms with E-state index < -0.39 is 5.97 Å². The van der Waals surface area contributed by atoms with Crippen LogP contribution in [0.4, 0.5) is 5.69 Å². The van der Waals surface area contributed by atoms with E-state index in [1.807, 2.05) is 30.3 Å². The first-order valence-electron chi connectivity index (χ1n) is 6.10. The topological polar surface area (TPSA) is 86.6 Å². The molecule has 5 nitrogen and oxygen atoms in total. The van der Waals surface area contributed by atoms with Crippen molar-refractivity contribution in [2.24, 2.45) is 0 Å². The average Bonchev–Trinajstić information content (AvgIpc) is 2.46. The number of carbonyl (C=O) groups excluding carboxylic acids is 1. The first kappa shape index (κ1) is 14.9. The van der Waals surface area contributed by atoms with Crippen molar-refractivity contribution >= 4 is 29.3 Å². The Morgan fingerprint density at radius 1 is 1.10 bits per heavy atom. The Labute approximate surface area is 125 Å². The number of carbonyl (C=O) groups is 2. The van der Waals surface area contributed by atoms with E-state index >= 15 is 0 Å². The molecule has 0 aliphatic heterocycles. The molecular formula is C15H13NO4S.